The number of amides is 3. The molecule has 1 atom stereocenters. The molecule has 7 heteroatoms. The van der Waals surface area contributed by atoms with Crippen molar-refractivity contribution in [2.75, 3.05) is 5.32 Å². The molecular formula is C11H7N3O3S. The third kappa shape index (κ3) is 1.68. The van der Waals surface area contributed by atoms with Crippen LogP contribution in [0.2, 0.25) is 0 Å². The zero-order chi connectivity index (χ0) is 12.7. The zero-order valence-electron chi connectivity index (χ0n) is 8.97. The highest BCUT2D eigenvalue weighted by Crippen LogP contribution is 2.26. The molecule has 1 aromatic rings. The van der Waals surface area contributed by atoms with Crippen molar-refractivity contribution in [2.45, 2.75) is 5.37 Å². The van der Waals surface area contributed by atoms with Crippen molar-refractivity contribution in [2.24, 2.45) is 4.99 Å². The first-order chi connectivity index (χ1) is 8.65. The third-order valence-electron chi connectivity index (χ3n) is 2.56. The highest BCUT2D eigenvalue weighted by Gasteiger charge is 2.34. The molecule has 3 rings (SSSR count). The molecule has 90 valence electrons. The van der Waals surface area contributed by atoms with Crippen LogP contribution in [0.3, 0.4) is 0 Å². The first-order valence-electron chi connectivity index (χ1n) is 5.15. The van der Waals surface area contributed by atoms with Crippen LogP contribution in [0, 0.1) is 0 Å². The Hall–Kier alpha value is -2.15. The molecule has 1 aromatic carbocycles. The van der Waals surface area contributed by atoms with Gasteiger partial charge in [-0.25, -0.2) is 0 Å². The van der Waals surface area contributed by atoms with Crippen LogP contribution in [0.15, 0.2) is 29.3 Å². The number of carbonyl (C=O) groups is 3. The highest BCUT2D eigenvalue weighted by atomic mass is 32.2. The number of hydrogen-bond acceptors (Lipinski definition) is 5. The van der Waals surface area contributed by atoms with E-state index in [-0.39, 0.29) is 11.6 Å². The van der Waals surface area contributed by atoms with Gasteiger partial charge < -0.3 is 5.32 Å². The minimum absolute atomic E-state index is 0.188. The van der Waals surface area contributed by atoms with E-state index in [0.717, 1.165) is 11.8 Å². The number of fused-ring (bicyclic) bond motifs is 1. The summed E-state index contributed by atoms with van der Waals surface area (Å²) in [5, 5.41) is 3.45. The van der Waals surface area contributed by atoms with E-state index in [0.29, 0.717) is 11.3 Å². The van der Waals surface area contributed by atoms with Crippen molar-refractivity contribution in [3.63, 3.8) is 0 Å². The van der Waals surface area contributed by atoms with E-state index in [2.05, 4.69) is 15.6 Å². The number of benzene rings is 1. The van der Waals surface area contributed by atoms with E-state index in [9.17, 15) is 14.4 Å². The largest absolute Gasteiger partial charge is 0.320 e. The van der Waals surface area contributed by atoms with Crippen LogP contribution in [-0.4, -0.2) is 28.1 Å². The van der Waals surface area contributed by atoms with Crippen molar-refractivity contribution < 1.29 is 14.4 Å². The fraction of sp³-hybridized carbons (Fsp3) is 0.0909. The zero-order valence-corrected chi connectivity index (χ0v) is 9.78. The van der Waals surface area contributed by atoms with Gasteiger partial charge in [0.2, 0.25) is 0 Å². The van der Waals surface area contributed by atoms with E-state index in [4.69, 9.17) is 0 Å². The maximum Gasteiger partial charge on any atom is 0.288 e. The summed E-state index contributed by atoms with van der Waals surface area (Å²) < 4.78 is 0. The van der Waals surface area contributed by atoms with E-state index in [1.165, 1.54) is 0 Å². The summed E-state index contributed by atoms with van der Waals surface area (Å²) in [6.07, 6.45) is 0. The molecular weight excluding hydrogens is 254 g/mol. The summed E-state index contributed by atoms with van der Waals surface area (Å²) in [6.45, 7) is 0. The lowest BCUT2D eigenvalue weighted by molar-refractivity contribution is -0.118. The lowest BCUT2D eigenvalue weighted by Gasteiger charge is -2.00. The molecule has 2 aliphatic heterocycles. The third-order valence-corrected chi connectivity index (χ3v) is 3.42. The molecule has 0 aliphatic carbocycles. The lowest BCUT2D eigenvalue weighted by atomic mass is 10.1. The molecule has 0 bridgehead atoms. The molecule has 0 spiro atoms. The van der Waals surface area contributed by atoms with E-state index >= 15 is 0 Å². The Morgan fingerprint density at radius 1 is 1.11 bits per heavy atom. The Labute approximate surface area is 106 Å². The summed E-state index contributed by atoms with van der Waals surface area (Å²) in [5.74, 6) is -0.848. The minimum Gasteiger partial charge on any atom is -0.320 e. The number of para-hydroxylation sites is 1. The van der Waals surface area contributed by atoms with Crippen LogP contribution in [0.5, 0.6) is 0 Å². The second-order valence-electron chi connectivity index (χ2n) is 3.72. The van der Waals surface area contributed by atoms with E-state index in [1.807, 2.05) is 0 Å². The Kier molecular flexibility index (Phi) is 2.41. The van der Waals surface area contributed by atoms with E-state index < -0.39 is 16.5 Å². The smallest absolute Gasteiger partial charge is 0.288 e. The standard InChI is InChI=1S/C11H7N3O3S/c15-8-7(5-3-1-2-4-6(5)12-8)13-10-9(16)14-11(17)18-10/h1-4,10H,(H,12,13,15)(H,14,16,17). The number of aliphatic imine (C=N–C) groups is 1. The molecule has 0 aromatic heterocycles. The van der Waals surface area contributed by atoms with Gasteiger partial charge in [0.15, 0.2) is 5.37 Å². The SMILES string of the molecule is O=C1NC(=O)C(N=C2C(=O)Nc3ccccc32)S1. The van der Waals surface area contributed by atoms with Gasteiger partial charge in [-0.3, -0.25) is 24.7 Å². The fourth-order valence-corrected chi connectivity index (χ4v) is 2.47. The molecule has 1 saturated heterocycles. The number of nitrogens with one attached hydrogen (secondary N) is 2. The van der Waals surface area contributed by atoms with Gasteiger partial charge in [-0.05, 0) is 17.8 Å². The minimum atomic E-state index is -0.885. The summed E-state index contributed by atoms with van der Waals surface area (Å²) in [4.78, 5) is 38.2. The van der Waals surface area contributed by atoms with Crippen LogP contribution in [0.25, 0.3) is 0 Å². The fourth-order valence-electron chi connectivity index (χ4n) is 1.78. The number of imide groups is 1. The van der Waals surface area contributed by atoms with Gasteiger partial charge in [0.25, 0.3) is 17.1 Å². The predicted octanol–water partition coefficient (Wildman–Crippen LogP) is 0.737. The Morgan fingerprint density at radius 3 is 2.61 bits per heavy atom. The second-order valence-corrected chi connectivity index (χ2v) is 4.78. The average Bonchev–Trinajstić information content (AvgIpc) is 2.81. The molecule has 6 nitrogen and oxygen atoms in total. The predicted molar refractivity (Wildman–Crippen MR) is 66.5 cm³/mol. The van der Waals surface area contributed by atoms with Gasteiger partial charge in [-0.2, -0.15) is 0 Å². The first-order valence-corrected chi connectivity index (χ1v) is 6.03. The Balaban J connectivity index is 2.00. The van der Waals surface area contributed by atoms with Crippen molar-refractivity contribution in [1.82, 2.24) is 5.32 Å². The van der Waals surface area contributed by atoms with Gasteiger partial charge in [0, 0.05) is 5.56 Å². The summed E-state index contributed by atoms with van der Waals surface area (Å²) in [6, 6.07) is 7.07. The first kappa shape index (κ1) is 11.0. The van der Waals surface area contributed by atoms with Gasteiger partial charge >= 0.3 is 0 Å². The number of carbonyl (C=O) groups excluding carboxylic acids is 3. The van der Waals surface area contributed by atoms with Gasteiger partial charge in [0.1, 0.15) is 5.71 Å². The van der Waals surface area contributed by atoms with Crippen LogP contribution in [-0.2, 0) is 9.59 Å². The van der Waals surface area contributed by atoms with Gasteiger partial charge in [-0.1, -0.05) is 18.2 Å². The topological polar surface area (TPSA) is 87.6 Å². The van der Waals surface area contributed by atoms with Gasteiger partial charge in [0.05, 0.1) is 5.69 Å². The monoisotopic (exact) mass is 261 g/mol. The Bertz CT molecular complexity index is 611. The molecule has 1 fully saturated rings. The van der Waals surface area contributed by atoms with Crippen molar-refractivity contribution in [3.05, 3.63) is 29.8 Å². The molecule has 3 amide bonds. The number of rotatable bonds is 1. The van der Waals surface area contributed by atoms with Crippen LogP contribution >= 0.6 is 11.8 Å². The van der Waals surface area contributed by atoms with Crippen molar-refractivity contribution >= 4 is 40.2 Å². The van der Waals surface area contributed by atoms with Crippen LogP contribution in [0.1, 0.15) is 5.56 Å². The summed E-state index contributed by atoms with van der Waals surface area (Å²) in [7, 11) is 0. The molecule has 1 unspecified atom stereocenters. The van der Waals surface area contributed by atoms with Gasteiger partial charge in [-0.15, -0.1) is 0 Å². The van der Waals surface area contributed by atoms with Crippen LogP contribution in [0.4, 0.5) is 10.5 Å². The summed E-state index contributed by atoms with van der Waals surface area (Å²) >= 11 is 0.770. The van der Waals surface area contributed by atoms with E-state index in [1.54, 1.807) is 24.3 Å². The molecule has 0 radical (unpaired) electrons. The average molecular weight is 261 g/mol. The Morgan fingerprint density at radius 2 is 1.89 bits per heavy atom. The highest BCUT2D eigenvalue weighted by molar-refractivity contribution is 8.15. The van der Waals surface area contributed by atoms with Crippen molar-refractivity contribution in [1.29, 1.82) is 0 Å². The number of hydrogen-bond donors (Lipinski definition) is 2. The summed E-state index contributed by atoms with van der Waals surface area (Å²) in [5.41, 5.74) is 1.50. The number of nitrogens with zero attached hydrogens (tertiary/aromatic N) is 1. The molecule has 2 N–H and O–H groups in total. The lowest BCUT2D eigenvalue weighted by Crippen LogP contribution is -2.25. The quantitative estimate of drug-likeness (QED) is 0.780. The molecule has 18 heavy (non-hydrogen) atoms. The molecule has 0 saturated carbocycles. The molecule has 2 heterocycles. The number of thioether (sulfide) groups is 1. The maximum absolute atomic E-state index is 11.7. The molecule has 2 aliphatic rings. The normalized spacial score (nSPS) is 24.1. The van der Waals surface area contributed by atoms with Crippen molar-refractivity contribution in [3.8, 4) is 0 Å². The maximum atomic E-state index is 11.7. The number of anilines is 1. The second kappa shape index (κ2) is 3.95. The van der Waals surface area contributed by atoms with Crippen LogP contribution < -0.4 is 10.6 Å².